The highest BCUT2D eigenvalue weighted by Gasteiger charge is 2.30. The average Bonchev–Trinajstić information content (AvgIpc) is 2.50. The van der Waals surface area contributed by atoms with Crippen LogP contribution in [-0.2, 0) is 0 Å². The Morgan fingerprint density at radius 2 is 2.13 bits per heavy atom. The molecule has 5 nitrogen and oxygen atoms in total. The zero-order valence-electron chi connectivity index (χ0n) is 9.34. The molecule has 5 N–H and O–H groups in total. The van der Waals surface area contributed by atoms with E-state index in [4.69, 9.17) is 11.1 Å². The van der Waals surface area contributed by atoms with Crippen molar-refractivity contribution >= 4 is 11.9 Å². The minimum absolute atomic E-state index is 0.0166. The summed E-state index contributed by atoms with van der Waals surface area (Å²) in [6.07, 6.45) is 2.84. The largest absolute Gasteiger partial charge is 0.387 e. The van der Waals surface area contributed by atoms with Crippen LogP contribution in [0.3, 0.4) is 0 Å². The maximum atomic E-state index is 11.4. The Kier molecular flexibility index (Phi) is 3.94. The molecule has 2 atom stereocenters. The number of hydrogen-bond acceptors (Lipinski definition) is 2. The van der Waals surface area contributed by atoms with Gasteiger partial charge in [-0.05, 0) is 26.7 Å². The number of hydrogen-bond donors (Lipinski definition) is 4. The normalized spacial score (nSPS) is 25.3. The predicted molar refractivity (Wildman–Crippen MR) is 59.8 cm³/mol. The van der Waals surface area contributed by atoms with Crippen molar-refractivity contribution in [2.45, 2.75) is 45.2 Å². The fraction of sp³-hybridized carbons (Fsp3) is 0.800. The summed E-state index contributed by atoms with van der Waals surface area (Å²) in [5.74, 6) is 0.199. The zero-order valence-corrected chi connectivity index (χ0v) is 9.34. The number of amides is 2. The van der Waals surface area contributed by atoms with Gasteiger partial charge in [-0.25, -0.2) is 4.79 Å². The minimum atomic E-state index is -0.164. The maximum absolute atomic E-state index is 11.4. The number of urea groups is 1. The molecule has 86 valence electrons. The molecule has 0 saturated heterocycles. The van der Waals surface area contributed by atoms with Gasteiger partial charge in [0.05, 0.1) is 5.84 Å². The minimum Gasteiger partial charge on any atom is -0.387 e. The second-order valence-corrected chi connectivity index (χ2v) is 4.37. The molecule has 0 radical (unpaired) electrons. The zero-order chi connectivity index (χ0) is 11.4. The van der Waals surface area contributed by atoms with E-state index < -0.39 is 0 Å². The van der Waals surface area contributed by atoms with Crippen LogP contribution < -0.4 is 16.4 Å². The van der Waals surface area contributed by atoms with E-state index in [2.05, 4.69) is 10.6 Å². The standard InChI is InChI=1S/C10H20N4O/c1-6(2)13-10(15)14-8-5-3-4-7(8)9(11)12/h6-8H,3-5H2,1-2H3,(H3,11,12)(H2,13,14,15). The van der Waals surface area contributed by atoms with Crippen molar-refractivity contribution < 1.29 is 4.79 Å². The Morgan fingerprint density at radius 3 is 2.67 bits per heavy atom. The molecule has 1 aliphatic rings. The van der Waals surface area contributed by atoms with Gasteiger partial charge in [0.2, 0.25) is 0 Å². The molecular weight excluding hydrogens is 192 g/mol. The number of carbonyl (C=O) groups is 1. The van der Waals surface area contributed by atoms with Crippen LogP contribution in [0, 0.1) is 11.3 Å². The van der Waals surface area contributed by atoms with Crippen molar-refractivity contribution in [3.63, 3.8) is 0 Å². The lowest BCUT2D eigenvalue weighted by Crippen LogP contribution is -2.48. The summed E-state index contributed by atoms with van der Waals surface area (Å²) >= 11 is 0. The fourth-order valence-electron chi connectivity index (χ4n) is 1.98. The monoisotopic (exact) mass is 212 g/mol. The van der Waals surface area contributed by atoms with E-state index in [1.165, 1.54) is 0 Å². The van der Waals surface area contributed by atoms with Crippen LogP contribution in [-0.4, -0.2) is 24.0 Å². The Balaban J connectivity index is 2.43. The molecule has 15 heavy (non-hydrogen) atoms. The number of rotatable bonds is 3. The highest BCUT2D eigenvalue weighted by atomic mass is 16.2. The molecule has 1 rings (SSSR count). The van der Waals surface area contributed by atoms with E-state index in [-0.39, 0.29) is 29.9 Å². The number of nitrogens with two attached hydrogens (primary N) is 1. The molecule has 0 aromatic rings. The molecule has 0 heterocycles. The molecule has 1 saturated carbocycles. The summed E-state index contributed by atoms with van der Waals surface area (Å²) in [7, 11) is 0. The van der Waals surface area contributed by atoms with Gasteiger partial charge in [-0.15, -0.1) is 0 Å². The third-order valence-corrected chi connectivity index (χ3v) is 2.65. The van der Waals surface area contributed by atoms with Crippen LogP contribution in [0.2, 0.25) is 0 Å². The first-order valence-electron chi connectivity index (χ1n) is 5.41. The predicted octanol–water partition coefficient (Wildman–Crippen LogP) is 0.799. The van der Waals surface area contributed by atoms with E-state index in [0.717, 1.165) is 19.3 Å². The number of nitrogens with one attached hydrogen (secondary N) is 3. The molecule has 0 bridgehead atoms. The van der Waals surface area contributed by atoms with Crippen molar-refractivity contribution in [1.82, 2.24) is 10.6 Å². The first-order chi connectivity index (χ1) is 7.00. The third kappa shape index (κ3) is 3.42. The van der Waals surface area contributed by atoms with E-state index in [1.54, 1.807) is 0 Å². The Morgan fingerprint density at radius 1 is 1.47 bits per heavy atom. The summed E-state index contributed by atoms with van der Waals surface area (Å²) < 4.78 is 0. The molecule has 0 aliphatic heterocycles. The molecule has 2 amide bonds. The molecule has 5 heteroatoms. The third-order valence-electron chi connectivity index (χ3n) is 2.65. The van der Waals surface area contributed by atoms with E-state index in [0.29, 0.717) is 0 Å². The van der Waals surface area contributed by atoms with Crippen LogP contribution in [0.25, 0.3) is 0 Å². The highest BCUT2D eigenvalue weighted by Crippen LogP contribution is 2.25. The van der Waals surface area contributed by atoms with Crippen molar-refractivity contribution in [3.05, 3.63) is 0 Å². The highest BCUT2D eigenvalue weighted by molar-refractivity contribution is 5.82. The average molecular weight is 212 g/mol. The van der Waals surface area contributed by atoms with E-state index in [1.807, 2.05) is 13.8 Å². The lowest BCUT2D eigenvalue weighted by atomic mass is 10.0. The summed E-state index contributed by atoms with van der Waals surface area (Å²) in [5, 5.41) is 13.1. The lowest BCUT2D eigenvalue weighted by molar-refractivity contribution is 0.233. The summed E-state index contributed by atoms with van der Waals surface area (Å²) in [6.45, 7) is 3.83. The molecular formula is C10H20N4O. The first kappa shape index (κ1) is 11.8. The maximum Gasteiger partial charge on any atom is 0.315 e. The summed E-state index contributed by atoms with van der Waals surface area (Å²) in [4.78, 5) is 11.4. The van der Waals surface area contributed by atoms with Crippen LogP contribution >= 0.6 is 0 Å². The quantitative estimate of drug-likeness (QED) is 0.411. The topological polar surface area (TPSA) is 91.0 Å². The van der Waals surface area contributed by atoms with Crippen LogP contribution in [0.5, 0.6) is 0 Å². The molecule has 1 aliphatic carbocycles. The van der Waals surface area contributed by atoms with Crippen LogP contribution in [0.1, 0.15) is 33.1 Å². The van der Waals surface area contributed by atoms with Gasteiger partial charge in [-0.3, -0.25) is 5.41 Å². The fourth-order valence-corrected chi connectivity index (χ4v) is 1.98. The lowest BCUT2D eigenvalue weighted by Gasteiger charge is -2.20. The van der Waals surface area contributed by atoms with Gasteiger partial charge in [0, 0.05) is 18.0 Å². The van der Waals surface area contributed by atoms with Gasteiger partial charge in [0.15, 0.2) is 0 Å². The molecule has 0 aromatic heterocycles. The smallest absolute Gasteiger partial charge is 0.315 e. The molecule has 0 spiro atoms. The van der Waals surface area contributed by atoms with Crippen LogP contribution in [0.15, 0.2) is 0 Å². The Bertz CT molecular complexity index is 252. The number of carbonyl (C=O) groups excluding carboxylic acids is 1. The van der Waals surface area contributed by atoms with Gasteiger partial charge < -0.3 is 16.4 Å². The van der Waals surface area contributed by atoms with Gasteiger partial charge in [-0.1, -0.05) is 6.42 Å². The van der Waals surface area contributed by atoms with Crippen molar-refractivity contribution in [3.8, 4) is 0 Å². The Labute approximate surface area is 90.3 Å². The van der Waals surface area contributed by atoms with Crippen molar-refractivity contribution in [2.24, 2.45) is 11.7 Å². The van der Waals surface area contributed by atoms with Gasteiger partial charge >= 0.3 is 6.03 Å². The van der Waals surface area contributed by atoms with Gasteiger partial charge in [-0.2, -0.15) is 0 Å². The number of amidine groups is 1. The summed E-state index contributed by atoms with van der Waals surface area (Å²) in [5.41, 5.74) is 5.48. The summed E-state index contributed by atoms with van der Waals surface area (Å²) in [6, 6.07) is -0.00780. The van der Waals surface area contributed by atoms with Gasteiger partial charge in [0.25, 0.3) is 0 Å². The van der Waals surface area contributed by atoms with E-state index >= 15 is 0 Å². The van der Waals surface area contributed by atoms with Crippen molar-refractivity contribution in [2.75, 3.05) is 0 Å². The SMILES string of the molecule is CC(C)NC(=O)NC1CCCC1C(=N)N. The van der Waals surface area contributed by atoms with Gasteiger partial charge in [0.1, 0.15) is 0 Å². The van der Waals surface area contributed by atoms with Crippen LogP contribution in [0.4, 0.5) is 4.79 Å². The Hall–Kier alpha value is -1.26. The first-order valence-corrected chi connectivity index (χ1v) is 5.41. The molecule has 2 unspecified atom stereocenters. The molecule has 1 fully saturated rings. The second kappa shape index (κ2) is 5.00. The van der Waals surface area contributed by atoms with E-state index in [9.17, 15) is 4.79 Å². The molecule has 0 aromatic carbocycles. The second-order valence-electron chi connectivity index (χ2n) is 4.37. The van der Waals surface area contributed by atoms with Crippen molar-refractivity contribution in [1.29, 1.82) is 5.41 Å².